The SMILES string of the molecule is CCNCc1ccc(C)c(S(=O)(=O)N(CC)CC2CC2)c1. The van der Waals surface area contributed by atoms with Crippen molar-refractivity contribution in [3.8, 4) is 0 Å². The minimum absolute atomic E-state index is 0.459. The van der Waals surface area contributed by atoms with Gasteiger partial charge in [-0.1, -0.05) is 26.0 Å². The van der Waals surface area contributed by atoms with Crippen molar-refractivity contribution in [1.29, 1.82) is 0 Å². The first kappa shape index (κ1) is 16.5. The smallest absolute Gasteiger partial charge is 0.243 e. The van der Waals surface area contributed by atoms with Crippen molar-refractivity contribution < 1.29 is 8.42 Å². The molecule has 1 fully saturated rings. The Kier molecular flexibility index (Phi) is 5.41. The quantitative estimate of drug-likeness (QED) is 0.802. The van der Waals surface area contributed by atoms with Crippen LogP contribution in [0.15, 0.2) is 23.1 Å². The highest BCUT2D eigenvalue weighted by molar-refractivity contribution is 7.89. The zero-order valence-corrected chi connectivity index (χ0v) is 14.0. The molecule has 0 radical (unpaired) electrons. The van der Waals surface area contributed by atoms with Crippen LogP contribution in [0.3, 0.4) is 0 Å². The summed E-state index contributed by atoms with van der Waals surface area (Å²) >= 11 is 0. The first-order valence-corrected chi connectivity index (χ1v) is 9.23. The summed E-state index contributed by atoms with van der Waals surface area (Å²) in [6.07, 6.45) is 2.32. The van der Waals surface area contributed by atoms with E-state index in [1.807, 2.05) is 39.0 Å². The lowest BCUT2D eigenvalue weighted by Gasteiger charge is -2.22. The van der Waals surface area contributed by atoms with E-state index >= 15 is 0 Å². The maximum Gasteiger partial charge on any atom is 0.243 e. The lowest BCUT2D eigenvalue weighted by molar-refractivity contribution is 0.411. The second-order valence-corrected chi connectivity index (χ2v) is 7.69. The first-order chi connectivity index (χ1) is 9.98. The molecule has 0 saturated heterocycles. The van der Waals surface area contributed by atoms with Crippen LogP contribution in [-0.2, 0) is 16.6 Å². The molecule has 0 spiro atoms. The van der Waals surface area contributed by atoms with Crippen molar-refractivity contribution >= 4 is 10.0 Å². The second kappa shape index (κ2) is 6.90. The van der Waals surface area contributed by atoms with E-state index in [4.69, 9.17) is 0 Å². The summed E-state index contributed by atoms with van der Waals surface area (Å²) in [6.45, 7) is 8.60. The van der Waals surface area contributed by atoms with Gasteiger partial charge in [-0.15, -0.1) is 0 Å². The molecule has 2 rings (SSSR count). The summed E-state index contributed by atoms with van der Waals surface area (Å²) in [7, 11) is -3.38. The largest absolute Gasteiger partial charge is 0.313 e. The van der Waals surface area contributed by atoms with E-state index in [-0.39, 0.29) is 0 Å². The van der Waals surface area contributed by atoms with Crippen LogP contribution in [0.4, 0.5) is 0 Å². The predicted molar refractivity (Wildman–Crippen MR) is 85.7 cm³/mol. The van der Waals surface area contributed by atoms with Gasteiger partial charge in [0.1, 0.15) is 0 Å². The van der Waals surface area contributed by atoms with E-state index < -0.39 is 10.0 Å². The molecule has 1 aliphatic carbocycles. The van der Waals surface area contributed by atoms with Crippen LogP contribution in [-0.4, -0.2) is 32.4 Å². The van der Waals surface area contributed by atoms with Gasteiger partial charge in [0.25, 0.3) is 0 Å². The van der Waals surface area contributed by atoms with Gasteiger partial charge in [-0.2, -0.15) is 4.31 Å². The van der Waals surface area contributed by atoms with Gasteiger partial charge >= 0.3 is 0 Å². The topological polar surface area (TPSA) is 49.4 Å². The molecule has 1 aromatic carbocycles. The van der Waals surface area contributed by atoms with Gasteiger partial charge in [0.05, 0.1) is 4.90 Å². The van der Waals surface area contributed by atoms with Gasteiger partial charge in [0.15, 0.2) is 0 Å². The van der Waals surface area contributed by atoms with Gasteiger partial charge in [0, 0.05) is 19.6 Å². The molecule has 118 valence electrons. The average Bonchev–Trinajstić information content (AvgIpc) is 3.27. The summed E-state index contributed by atoms with van der Waals surface area (Å²) < 4.78 is 27.4. The third-order valence-electron chi connectivity index (χ3n) is 3.96. The summed E-state index contributed by atoms with van der Waals surface area (Å²) in [6, 6.07) is 5.72. The summed E-state index contributed by atoms with van der Waals surface area (Å²) in [4.78, 5) is 0.459. The molecule has 0 heterocycles. The molecule has 0 aliphatic heterocycles. The maximum absolute atomic E-state index is 12.9. The Labute approximate surface area is 128 Å². The van der Waals surface area contributed by atoms with Crippen LogP contribution in [0.25, 0.3) is 0 Å². The van der Waals surface area contributed by atoms with Crippen LogP contribution in [0, 0.1) is 12.8 Å². The zero-order valence-electron chi connectivity index (χ0n) is 13.2. The number of sulfonamides is 1. The number of rotatable bonds is 8. The van der Waals surface area contributed by atoms with Gasteiger partial charge in [0.2, 0.25) is 10.0 Å². The van der Waals surface area contributed by atoms with E-state index in [0.29, 0.717) is 30.4 Å². The van der Waals surface area contributed by atoms with E-state index in [1.54, 1.807) is 4.31 Å². The van der Waals surface area contributed by atoms with Gasteiger partial charge in [-0.25, -0.2) is 8.42 Å². The number of nitrogens with one attached hydrogen (secondary N) is 1. The van der Waals surface area contributed by atoms with Gasteiger partial charge in [-0.3, -0.25) is 0 Å². The Balaban J connectivity index is 2.28. The van der Waals surface area contributed by atoms with Crippen LogP contribution < -0.4 is 5.32 Å². The molecular formula is C16H26N2O2S. The monoisotopic (exact) mass is 310 g/mol. The fraction of sp³-hybridized carbons (Fsp3) is 0.625. The Bertz CT molecular complexity index is 580. The van der Waals surface area contributed by atoms with Crippen molar-refractivity contribution in [3.05, 3.63) is 29.3 Å². The molecule has 1 aromatic rings. The van der Waals surface area contributed by atoms with E-state index in [1.165, 1.54) is 0 Å². The standard InChI is InChI=1S/C16H26N2O2S/c1-4-17-11-15-7-6-13(3)16(10-15)21(19,20)18(5-2)12-14-8-9-14/h6-7,10,14,17H,4-5,8-9,11-12H2,1-3H3. The highest BCUT2D eigenvalue weighted by Crippen LogP contribution is 2.32. The molecule has 0 bridgehead atoms. The second-order valence-electron chi connectivity index (χ2n) is 5.78. The summed E-state index contributed by atoms with van der Waals surface area (Å²) in [5, 5.41) is 3.24. The lowest BCUT2D eigenvalue weighted by Crippen LogP contribution is -2.33. The lowest BCUT2D eigenvalue weighted by atomic mass is 10.1. The van der Waals surface area contributed by atoms with Crippen molar-refractivity contribution in [2.75, 3.05) is 19.6 Å². The van der Waals surface area contributed by atoms with E-state index in [9.17, 15) is 8.42 Å². The van der Waals surface area contributed by atoms with Crippen LogP contribution in [0.1, 0.15) is 37.8 Å². The Morgan fingerprint density at radius 2 is 2.00 bits per heavy atom. The Hall–Kier alpha value is -0.910. The summed E-state index contributed by atoms with van der Waals surface area (Å²) in [5.41, 5.74) is 1.84. The number of nitrogens with zero attached hydrogens (tertiary/aromatic N) is 1. The van der Waals surface area contributed by atoms with Crippen LogP contribution in [0.5, 0.6) is 0 Å². The molecule has 0 aromatic heterocycles. The molecule has 0 amide bonds. The molecule has 21 heavy (non-hydrogen) atoms. The fourth-order valence-electron chi connectivity index (χ4n) is 2.43. The highest BCUT2D eigenvalue weighted by atomic mass is 32.2. The minimum Gasteiger partial charge on any atom is -0.313 e. The molecule has 1 aliphatic rings. The van der Waals surface area contributed by atoms with Gasteiger partial charge < -0.3 is 5.32 Å². The predicted octanol–water partition coefficient (Wildman–Crippen LogP) is 2.53. The van der Waals surface area contributed by atoms with Crippen molar-refractivity contribution in [2.24, 2.45) is 5.92 Å². The highest BCUT2D eigenvalue weighted by Gasteiger charge is 2.31. The van der Waals surface area contributed by atoms with Crippen molar-refractivity contribution in [2.45, 2.75) is 45.1 Å². The molecule has 1 saturated carbocycles. The number of benzene rings is 1. The molecule has 0 unspecified atom stereocenters. The fourth-order valence-corrected chi connectivity index (χ4v) is 4.23. The molecule has 0 atom stereocenters. The van der Waals surface area contributed by atoms with Gasteiger partial charge in [-0.05, 0) is 49.4 Å². The van der Waals surface area contributed by atoms with Crippen LogP contribution >= 0.6 is 0 Å². The maximum atomic E-state index is 12.9. The summed E-state index contributed by atoms with van der Waals surface area (Å²) in [5.74, 6) is 0.560. The number of hydrogen-bond acceptors (Lipinski definition) is 3. The third-order valence-corrected chi connectivity index (χ3v) is 6.04. The Morgan fingerprint density at radius 1 is 1.29 bits per heavy atom. The van der Waals surface area contributed by atoms with Crippen molar-refractivity contribution in [3.63, 3.8) is 0 Å². The molecule has 1 N–H and O–H groups in total. The minimum atomic E-state index is -3.38. The molecule has 4 nitrogen and oxygen atoms in total. The van der Waals surface area contributed by atoms with Crippen molar-refractivity contribution in [1.82, 2.24) is 9.62 Å². The Morgan fingerprint density at radius 3 is 2.57 bits per heavy atom. The average molecular weight is 310 g/mol. The third kappa shape index (κ3) is 4.05. The normalized spacial score (nSPS) is 15.6. The molecule has 5 heteroatoms. The number of aryl methyl sites for hydroxylation is 1. The van der Waals surface area contributed by atoms with Crippen LogP contribution in [0.2, 0.25) is 0 Å². The van der Waals surface area contributed by atoms with E-state index in [2.05, 4.69) is 5.32 Å². The first-order valence-electron chi connectivity index (χ1n) is 7.79. The number of hydrogen-bond donors (Lipinski definition) is 1. The zero-order chi connectivity index (χ0) is 15.5. The molecular weight excluding hydrogens is 284 g/mol. The van der Waals surface area contributed by atoms with E-state index in [0.717, 1.165) is 30.5 Å².